The summed E-state index contributed by atoms with van der Waals surface area (Å²) in [5.74, 6) is -0.0175. The Morgan fingerprint density at radius 3 is 2.48 bits per heavy atom. The van der Waals surface area contributed by atoms with Gasteiger partial charge in [-0.3, -0.25) is 4.79 Å². The molecular weight excluding hydrogens is 334 g/mol. The molecule has 0 unspecified atom stereocenters. The van der Waals surface area contributed by atoms with Crippen LogP contribution in [0.5, 0.6) is 0 Å². The minimum absolute atomic E-state index is 0.0175. The third kappa shape index (κ3) is 4.82. The molecular formula is C19H23N3O2S. The standard InChI is InChI=1S/C19H23N3O2S/c20-19(24)22-15-9-7-13(8-10-15)12-21-18(23)17-11-14-5-3-1-2-4-6-16(14)25-17/h7-11H,1-6,12H2,(H,21,23)(H3,20,22,24). The van der Waals surface area contributed by atoms with Crippen LogP contribution in [0.15, 0.2) is 30.3 Å². The van der Waals surface area contributed by atoms with Gasteiger partial charge in [-0.2, -0.15) is 0 Å². The summed E-state index contributed by atoms with van der Waals surface area (Å²) in [6.45, 7) is 0.457. The summed E-state index contributed by atoms with van der Waals surface area (Å²) in [6.07, 6.45) is 7.21. The van der Waals surface area contributed by atoms with Gasteiger partial charge in [0.05, 0.1) is 4.88 Å². The fourth-order valence-corrected chi connectivity index (χ4v) is 4.24. The monoisotopic (exact) mass is 357 g/mol. The zero-order valence-electron chi connectivity index (χ0n) is 14.1. The number of urea groups is 1. The van der Waals surface area contributed by atoms with E-state index in [1.807, 2.05) is 12.1 Å². The van der Waals surface area contributed by atoms with Crippen LogP contribution in [0.3, 0.4) is 0 Å². The first-order chi connectivity index (χ1) is 12.1. The molecule has 1 aromatic heterocycles. The second-order valence-electron chi connectivity index (χ2n) is 6.34. The van der Waals surface area contributed by atoms with E-state index in [9.17, 15) is 9.59 Å². The molecule has 1 aliphatic carbocycles. The lowest BCUT2D eigenvalue weighted by Crippen LogP contribution is -2.22. The molecule has 0 fully saturated rings. The van der Waals surface area contributed by atoms with Gasteiger partial charge in [0.2, 0.25) is 0 Å². The van der Waals surface area contributed by atoms with Gasteiger partial charge in [0.15, 0.2) is 0 Å². The smallest absolute Gasteiger partial charge is 0.316 e. The summed E-state index contributed by atoms with van der Waals surface area (Å²) >= 11 is 1.64. The van der Waals surface area contributed by atoms with E-state index in [1.54, 1.807) is 23.5 Å². The molecule has 6 heteroatoms. The van der Waals surface area contributed by atoms with Crippen molar-refractivity contribution in [3.05, 3.63) is 51.2 Å². The van der Waals surface area contributed by atoms with Crippen molar-refractivity contribution in [2.75, 3.05) is 5.32 Å². The predicted molar refractivity (Wildman–Crippen MR) is 101 cm³/mol. The molecule has 0 spiro atoms. The van der Waals surface area contributed by atoms with Crippen molar-refractivity contribution in [3.63, 3.8) is 0 Å². The van der Waals surface area contributed by atoms with E-state index >= 15 is 0 Å². The van der Waals surface area contributed by atoms with E-state index in [1.165, 1.54) is 36.1 Å². The Bertz CT molecular complexity index is 727. The summed E-state index contributed by atoms with van der Waals surface area (Å²) in [5, 5.41) is 5.49. The third-order valence-electron chi connectivity index (χ3n) is 4.39. The number of hydrogen-bond acceptors (Lipinski definition) is 3. The zero-order chi connectivity index (χ0) is 17.6. The second kappa shape index (κ2) is 8.16. The van der Waals surface area contributed by atoms with Crippen LogP contribution in [0.4, 0.5) is 10.5 Å². The predicted octanol–water partition coefficient (Wildman–Crippen LogP) is 3.83. The van der Waals surface area contributed by atoms with Crippen molar-refractivity contribution in [1.82, 2.24) is 5.32 Å². The molecule has 0 bridgehead atoms. The number of thiophene rings is 1. The van der Waals surface area contributed by atoms with Crippen LogP contribution in [0.1, 0.15) is 51.4 Å². The molecule has 0 saturated heterocycles. The highest BCUT2D eigenvalue weighted by atomic mass is 32.1. The van der Waals surface area contributed by atoms with Crippen LogP contribution in [0, 0.1) is 0 Å². The minimum Gasteiger partial charge on any atom is -0.351 e. The number of primary amides is 1. The number of carbonyl (C=O) groups excluding carboxylic acids is 2. The summed E-state index contributed by atoms with van der Waals surface area (Å²) in [6, 6.07) is 8.74. The van der Waals surface area contributed by atoms with Gasteiger partial charge < -0.3 is 16.4 Å². The van der Waals surface area contributed by atoms with Crippen molar-refractivity contribution in [2.24, 2.45) is 5.73 Å². The number of amides is 3. The first-order valence-corrected chi connectivity index (χ1v) is 9.48. The molecule has 2 aromatic rings. The number of rotatable bonds is 4. The first-order valence-electron chi connectivity index (χ1n) is 8.67. The summed E-state index contributed by atoms with van der Waals surface area (Å²) in [4.78, 5) is 25.4. The molecule has 3 amide bonds. The zero-order valence-corrected chi connectivity index (χ0v) is 15.0. The molecule has 1 aliphatic rings. The number of nitrogens with two attached hydrogens (primary N) is 1. The van der Waals surface area contributed by atoms with Gasteiger partial charge in [0, 0.05) is 17.1 Å². The number of aryl methyl sites for hydroxylation is 2. The summed E-state index contributed by atoms with van der Waals surface area (Å²) in [5.41, 5.74) is 8.05. The molecule has 1 aromatic carbocycles. The SMILES string of the molecule is NC(=O)Nc1ccc(CNC(=O)c2cc3c(s2)CCCCCC3)cc1. The number of carbonyl (C=O) groups is 2. The lowest BCUT2D eigenvalue weighted by Gasteiger charge is -2.07. The number of fused-ring (bicyclic) bond motifs is 1. The highest BCUT2D eigenvalue weighted by molar-refractivity contribution is 7.14. The molecule has 0 saturated carbocycles. The molecule has 5 nitrogen and oxygen atoms in total. The average molecular weight is 357 g/mol. The minimum atomic E-state index is -0.589. The van der Waals surface area contributed by atoms with Gasteiger partial charge >= 0.3 is 6.03 Å². The Labute approximate surface area is 151 Å². The maximum atomic E-state index is 12.4. The van der Waals surface area contributed by atoms with Crippen molar-refractivity contribution < 1.29 is 9.59 Å². The van der Waals surface area contributed by atoms with E-state index < -0.39 is 6.03 Å². The molecule has 0 atom stereocenters. The third-order valence-corrected chi connectivity index (χ3v) is 5.63. The summed E-state index contributed by atoms with van der Waals surface area (Å²) in [7, 11) is 0. The van der Waals surface area contributed by atoms with Crippen LogP contribution >= 0.6 is 11.3 Å². The quantitative estimate of drug-likeness (QED) is 0.777. The van der Waals surface area contributed by atoms with Crippen LogP contribution in [0.2, 0.25) is 0 Å². The van der Waals surface area contributed by atoms with Crippen molar-refractivity contribution >= 4 is 29.0 Å². The number of nitrogens with one attached hydrogen (secondary N) is 2. The Kier molecular flexibility index (Phi) is 5.71. The van der Waals surface area contributed by atoms with Gasteiger partial charge in [0.25, 0.3) is 5.91 Å². The fourth-order valence-electron chi connectivity index (χ4n) is 3.07. The first kappa shape index (κ1) is 17.5. The van der Waals surface area contributed by atoms with Crippen LogP contribution < -0.4 is 16.4 Å². The van der Waals surface area contributed by atoms with Gasteiger partial charge in [-0.25, -0.2) is 4.79 Å². The van der Waals surface area contributed by atoms with E-state index in [-0.39, 0.29) is 5.91 Å². The highest BCUT2D eigenvalue weighted by Gasteiger charge is 2.15. The number of benzene rings is 1. The van der Waals surface area contributed by atoms with Gasteiger partial charge in [0.1, 0.15) is 0 Å². The van der Waals surface area contributed by atoms with E-state index in [0.29, 0.717) is 12.2 Å². The molecule has 4 N–H and O–H groups in total. The van der Waals surface area contributed by atoms with Crippen molar-refractivity contribution in [3.8, 4) is 0 Å². The molecule has 3 rings (SSSR count). The Morgan fingerprint density at radius 1 is 1.04 bits per heavy atom. The normalized spacial score (nSPS) is 14.1. The number of anilines is 1. The molecule has 132 valence electrons. The maximum Gasteiger partial charge on any atom is 0.316 e. The molecule has 1 heterocycles. The van der Waals surface area contributed by atoms with Crippen LogP contribution in [-0.4, -0.2) is 11.9 Å². The Balaban J connectivity index is 1.59. The van der Waals surface area contributed by atoms with Crippen molar-refractivity contribution in [1.29, 1.82) is 0 Å². The second-order valence-corrected chi connectivity index (χ2v) is 7.48. The summed E-state index contributed by atoms with van der Waals surface area (Å²) < 4.78 is 0. The van der Waals surface area contributed by atoms with E-state index in [2.05, 4.69) is 16.7 Å². The van der Waals surface area contributed by atoms with E-state index in [0.717, 1.165) is 23.3 Å². The lowest BCUT2D eigenvalue weighted by molar-refractivity contribution is 0.0955. The van der Waals surface area contributed by atoms with Crippen molar-refractivity contribution in [2.45, 2.75) is 45.1 Å². The average Bonchev–Trinajstić information content (AvgIpc) is 2.95. The molecule has 25 heavy (non-hydrogen) atoms. The maximum absolute atomic E-state index is 12.4. The Hall–Kier alpha value is -2.34. The van der Waals surface area contributed by atoms with Crippen LogP contribution in [-0.2, 0) is 19.4 Å². The molecule has 0 aliphatic heterocycles. The van der Waals surface area contributed by atoms with E-state index in [4.69, 9.17) is 5.73 Å². The van der Waals surface area contributed by atoms with Gasteiger partial charge in [-0.15, -0.1) is 11.3 Å². The van der Waals surface area contributed by atoms with Gasteiger partial charge in [-0.1, -0.05) is 25.0 Å². The van der Waals surface area contributed by atoms with Crippen LogP contribution in [0.25, 0.3) is 0 Å². The highest BCUT2D eigenvalue weighted by Crippen LogP contribution is 2.28. The van der Waals surface area contributed by atoms with Gasteiger partial charge in [-0.05, 0) is 55.0 Å². The Morgan fingerprint density at radius 2 is 1.76 bits per heavy atom. The fraction of sp³-hybridized carbons (Fsp3) is 0.368. The topological polar surface area (TPSA) is 84.2 Å². The molecule has 0 radical (unpaired) electrons. The largest absolute Gasteiger partial charge is 0.351 e. The lowest BCUT2D eigenvalue weighted by atomic mass is 10.00. The number of hydrogen-bond donors (Lipinski definition) is 3.